The van der Waals surface area contributed by atoms with E-state index in [1.165, 1.54) is 5.57 Å². The van der Waals surface area contributed by atoms with Gasteiger partial charge in [0.1, 0.15) is 5.82 Å². The molecule has 0 aliphatic carbocycles. The standard InChI is InChI=1S/C21H33N5O/c1-3-22-21(23-12-7-18-10-15-27-16-11-18)25-19-8-13-26(14-9-19)20-6-4-5-17(2)24-20/h4-6,10,19H,3,7-9,11-16H2,1-2H3,(H2,22,23,25). The summed E-state index contributed by atoms with van der Waals surface area (Å²) in [7, 11) is 0. The van der Waals surface area contributed by atoms with Gasteiger partial charge in [0.15, 0.2) is 5.96 Å². The van der Waals surface area contributed by atoms with Crippen LogP contribution in [-0.2, 0) is 4.74 Å². The van der Waals surface area contributed by atoms with Crippen molar-refractivity contribution in [3.63, 3.8) is 0 Å². The lowest BCUT2D eigenvalue weighted by molar-refractivity contribution is 0.153. The lowest BCUT2D eigenvalue weighted by Crippen LogP contribution is -2.49. The second-order valence-electron chi connectivity index (χ2n) is 7.24. The van der Waals surface area contributed by atoms with Crippen LogP contribution in [0.25, 0.3) is 0 Å². The highest BCUT2D eigenvalue weighted by atomic mass is 16.5. The number of hydrogen-bond donors (Lipinski definition) is 2. The summed E-state index contributed by atoms with van der Waals surface area (Å²) in [6.07, 6.45) is 6.47. The van der Waals surface area contributed by atoms with Gasteiger partial charge in [0.05, 0.1) is 13.2 Å². The smallest absolute Gasteiger partial charge is 0.191 e. The van der Waals surface area contributed by atoms with E-state index in [0.29, 0.717) is 6.04 Å². The molecule has 2 aliphatic heterocycles. The Hall–Kier alpha value is -2.08. The minimum atomic E-state index is 0.464. The molecule has 1 aromatic rings. The summed E-state index contributed by atoms with van der Waals surface area (Å²) < 4.78 is 5.37. The van der Waals surface area contributed by atoms with Crippen molar-refractivity contribution in [2.45, 2.75) is 45.6 Å². The molecule has 2 aliphatic rings. The molecule has 0 radical (unpaired) electrons. The Kier molecular flexibility index (Phi) is 7.51. The number of rotatable bonds is 6. The molecule has 0 atom stereocenters. The molecule has 27 heavy (non-hydrogen) atoms. The van der Waals surface area contributed by atoms with Crippen LogP contribution in [0.5, 0.6) is 0 Å². The topological polar surface area (TPSA) is 61.8 Å². The molecule has 0 bridgehead atoms. The molecule has 0 spiro atoms. The van der Waals surface area contributed by atoms with Crippen molar-refractivity contribution in [3.8, 4) is 0 Å². The van der Waals surface area contributed by atoms with Gasteiger partial charge in [-0.3, -0.25) is 4.99 Å². The van der Waals surface area contributed by atoms with Crippen molar-refractivity contribution in [2.75, 3.05) is 44.3 Å². The van der Waals surface area contributed by atoms with Gasteiger partial charge in [0.25, 0.3) is 0 Å². The normalized spacial score (nSPS) is 19.0. The van der Waals surface area contributed by atoms with Crippen LogP contribution in [0.4, 0.5) is 5.82 Å². The van der Waals surface area contributed by atoms with Crippen molar-refractivity contribution < 1.29 is 4.74 Å². The van der Waals surface area contributed by atoms with Gasteiger partial charge in [-0.2, -0.15) is 0 Å². The zero-order valence-electron chi connectivity index (χ0n) is 16.7. The molecule has 6 heteroatoms. The van der Waals surface area contributed by atoms with Crippen molar-refractivity contribution in [1.29, 1.82) is 0 Å². The van der Waals surface area contributed by atoms with Crippen LogP contribution < -0.4 is 15.5 Å². The van der Waals surface area contributed by atoms with Gasteiger partial charge in [-0.25, -0.2) is 4.98 Å². The van der Waals surface area contributed by atoms with Gasteiger partial charge >= 0.3 is 0 Å². The lowest BCUT2D eigenvalue weighted by Gasteiger charge is -2.34. The van der Waals surface area contributed by atoms with Gasteiger partial charge in [-0.1, -0.05) is 17.7 Å². The summed E-state index contributed by atoms with van der Waals surface area (Å²) in [5.41, 5.74) is 2.55. The highest BCUT2D eigenvalue weighted by Gasteiger charge is 2.21. The SMILES string of the molecule is CCNC(=NCCC1=CCOCC1)NC1CCN(c2cccc(C)n2)CC1. The monoisotopic (exact) mass is 371 g/mol. The van der Waals surface area contributed by atoms with E-state index >= 15 is 0 Å². The third-order valence-electron chi connectivity index (χ3n) is 5.14. The second-order valence-corrected chi connectivity index (χ2v) is 7.24. The molecule has 1 saturated heterocycles. The second kappa shape index (κ2) is 10.3. The predicted molar refractivity (Wildman–Crippen MR) is 111 cm³/mol. The first-order valence-electron chi connectivity index (χ1n) is 10.2. The van der Waals surface area contributed by atoms with Crippen LogP contribution in [0.3, 0.4) is 0 Å². The van der Waals surface area contributed by atoms with E-state index in [-0.39, 0.29) is 0 Å². The number of aryl methyl sites for hydroxylation is 1. The number of hydrogen-bond acceptors (Lipinski definition) is 4. The maximum absolute atomic E-state index is 5.37. The van der Waals surface area contributed by atoms with Gasteiger partial charge in [-0.05, 0) is 51.7 Å². The molecule has 1 aromatic heterocycles. The van der Waals surface area contributed by atoms with E-state index in [1.807, 2.05) is 13.0 Å². The Morgan fingerprint density at radius 2 is 2.19 bits per heavy atom. The number of pyridine rings is 1. The third-order valence-corrected chi connectivity index (χ3v) is 5.14. The van der Waals surface area contributed by atoms with Crippen LogP contribution in [0.1, 0.15) is 38.3 Å². The Labute approximate surface area is 163 Å². The molecule has 0 saturated carbocycles. The molecule has 3 heterocycles. The molecular weight excluding hydrogens is 338 g/mol. The van der Waals surface area contributed by atoms with Crippen molar-refractivity contribution in [2.24, 2.45) is 4.99 Å². The average Bonchev–Trinajstić information content (AvgIpc) is 2.69. The highest BCUT2D eigenvalue weighted by Crippen LogP contribution is 2.18. The van der Waals surface area contributed by atoms with Crippen molar-refractivity contribution in [3.05, 3.63) is 35.5 Å². The molecule has 1 fully saturated rings. The summed E-state index contributed by atoms with van der Waals surface area (Å²) in [5.74, 6) is 2.04. The molecular formula is C21H33N5O. The predicted octanol–water partition coefficient (Wildman–Crippen LogP) is 2.65. The maximum atomic E-state index is 5.37. The maximum Gasteiger partial charge on any atom is 0.191 e. The fraction of sp³-hybridized carbons (Fsp3) is 0.619. The van der Waals surface area contributed by atoms with Crippen LogP contribution in [-0.4, -0.2) is 56.4 Å². The summed E-state index contributed by atoms with van der Waals surface area (Å²) >= 11 is 0. The summed E-state index contributed by atoms with van der Waals surface area (Å²) in [5, 5.41) is 7.01. The number of nitrogens with one attached hydrogen (secondary N) is 2. The Morgan fingerprint density at radius 1 is 1.33 bits per heavy atom. The molecule has 148 valence electrons. The van der Waals surface area contributed by atoms with E-state index in [9.17, 15) is 0 Å². The first-order valence-corrected chi connectivity index (χ1v) is 10.2. The third kappa shape index (κ3) is 6.24. The fourth-order valence-electron chi connectivity index (χ4n) is 3.57. The molecule has 6 nitrogen and oxygen atoms in total. The van der Waals surface area contributed by atoms with Crippen molar-refractivity contribution in [1.82, 2.24) is 15.6 Å². The van der Waals surface area contributed by atoms with E-state index in [4.69, 9.17) is 9.73 Å². The first-order chi connectivity index (χ1) is 13.2. The van der Waals surface area contributed by atoms with E-state index in [2.05, 4.69) is 45.6 Å². The molecule has 0 unspecified atom stereocenters. The Bertz CT molecular complexity index is 650. The molecule has 0 amide bonds. The molecule has 0 aromatic carbocycles. The number of piperidine rings is 1. The Morgan fingerprint density at radius 3 is 2.89 bits per heavy atom. The largest absolute Gasteiger partial charge is 0.377 e. The van der Waals surface area contributed by atoms with Gasteiger partial charge in [0.2, 0.25) is 0 Å². The van der Waals surface area contributed by atoms with Crippen LogP contribution in [0, 0.1) is 6.92 Å². The van der Waals surface area contributed by atoms with Crippen molar-refractivity contribution >= 4 is 11.8 Å². The van der Waals surface area contributed by atoms with Gasteiger partial charge in [0, 0.05) is 37.9 Å². The number of nitrogens with zero attached hydrogens (tertiary/aromatic N) is 3. The first kappa shape index (κ1) is 19.7. The zero-order valence-corrected chi connectivity index (χ0v) is 16.7. The Balaban J connectivity index is 1.47. The number of anilines is 1. The zero-order chi connectivity index (χ0) is 18.9. The van der Waals surface area contributed by atoms with Crippen LogP contribution in [0.15, 0.2) is 34.8 Å². The van der Waals surface area contributed by atoms with Gasteiger partial charge in [-0.15, -0.1) is 0 Å². The van der Waals surface area contributed by atoms with E-state index in [0.717, 1.165) is 82.5 Å². The number of guanidine groups is 1. The number of aliphatic imine (C=N–C) groups is 1. The highest BCUT2D eigenvalue weighted by molar-refractivity contribution is 5.80. The van der Waals surface area contributed by atoms with Crippen LogP contribution >= 0.6 is 0 Å². The van der Waals surface area contributed by atoms with Crippen LogP contribution in [0.2, 0.25) is 0 Å². The minimum absolute atomic E-state index is 0.464. The minimum Gasteiger partial charge on any atom is -0.377 e. The summed E-state index contributed by atoms with van der Waals surface area (Å²) in [6.45, 7) is 9.54. The quantitative estimate of drug-likeness (QED) is 0.457. The lowest BCUT2D eigenvalue weighted by atomic mass is 10.1. The summed E-state index contributed by atoms with van der Waals surface area (Å²) in [4.78, 5) is 11.8. The average molecular weight is 372 g/mol. The molecule has 2 N–H and O–H groups in total. The fourth-order valence-corrected chi connectivity index (χ4v) is 3.57. The van der Waals surface area contributed by atoms with E-state index in [1.54, 1.807) is 0 Å². The number of aromatic nitrogens is 1. The molecule has 3 rings (SSSR count). The number of ether oxygens (including phenoxy) is 1. The summed E-state index contributed by atoms with van der Waals surface area (Å²) in [6, 6.07) is 6.71. The van der Waals surface area contributed by atoms with E-state index < -0.39 is 0 Å². The van der Waals surface area contributed by atoms with Gasteiger partial charge < -0.3 is 20.3 Å².